The Morgan fingerprint density at radius 3 is 2.63 bits per heavy atom. The third-order valence-corrected chi connectivity index (χ3v) is 6.02. The molecule has 0 unspecified atom stereocenters. The molecule has 0 atom stereocenters. The molecule has 0 bridgehead atoms. The molecule has 0 amide bonds. The molecule has 0 radical (unpaired) electrons. The van der Waals surface area contributed by atoms with E-state index in [0.717, 1.165) is 49.7 Å². The summed E-state index contributed by atoms with van der Waals surface area (Å²) in [6.45, 7) is 4.43. The van der Waals surface area contributed by atoms with Crippen molar-refractivity contribution in [1.29, 1.82) is 0 Å². The minimum absolute atomic E-state index is 0. The summed E-state index contributed by atoms with van der Waals surface area (Å²) in [5.74, 6) is 1.78. The van der Waals surface area contributed by atoms with E-state index >= 15 is 0 Å². The minimum Gasteiger partial charge on any atom is -0.492 e. The van der Waals surface area contributed by atoms with E-state index in [-0.39, 0.29) is 24.0 Å². The van der Waals surface area contributed by atoms with Crippen LogP contribution in [-0.2, 0) is 6.54 Å². The van der Waals surface area contributed by atoms with E-state index in [9.17, 15) is 0 Å². The van der Waals surface area contributed by atoms with E-state index in [4.69, 9.17) is 4.74 Å². The molecule has 1 saturated heterocycles. The lowest BCUT2D eigenvalue weighted by atomic mass is 10.1. The van der Waals surface area contributed by atoms with Crippen LogP contribution < -0.4 is 20.3 Å². The fourth-order valence-corrected chi connectivity index (χ4v) is 4.18. The predicted octanol–water partition coefficient (Wildman–Crippen LogP) is 3.64. The van der Waals surface area contributed by atoms with Crippen LogP contribution in [-0.4, -0.2) is 64.3 Å². The molecule has 0 aliphatic carbocycles. The largest absolute Gasteiger partial charge is 0.492 e. The molecule has 1 aromatic heterocycles. The van der Waals surface area contributed by atoms with E-state index in [1.54, 1.807) is 0 Å². The Kier molecular flexibility index (Phi) is 10.7. The van der Waals surface area contributed by atoms with Gasteiger partial charge in [0.1, 0.15) is 12.4 Å². The molecular formula is C22H34IN5OS. The Hall–Kier alpha value is -1.52. The van der Waals surface area contributed by atoms with Gasteiger partial charge in [-0.05, 0) is 50.5 Å². The zero-order valence-corrected chi connectivity index (χ0v) is 21.3. The van der Waals surface area contributed by atoms with Crippen LogP contribution in [0.4, 0.5) is 5.00 Å². The molecule has 1 aliphatic heterocycles. The Morgan fingerprint density at radius 2 is 1.97 bits per heavy atom. The average molecular weight is 544 g/mol. The number of likely N-dealkylation sites (N-methyl/N-ethyl adjacent to an activating group) is 1. The second-order valence-corrected chi connectivity index (χ2v) is 8.47. The first-order valence-electron chi connectivity index (χ1n) is 10.3. The molecule has 3 rings (SSSR count). The second kappa shape index (κ2) is 13.0. The van der Waals surface area contributed by atoms with Crippen molar-refractivity contribution in [3.05, 3.63) is 47.3 Å². The Bertz CT molecular complexity index is 761. The average Bonchev–Trinajstić information content (AvgIpc) is 3.27. The maximum absolute atomic E-state index is 5.96. The summed E-state index contributed by atoms with van der Waals surface area (Å²) in [4.78, 5) is 9.01. The van der Waals surface area contributed by atoms with Gasteiger partial charge in [-0.15, -0.1) is 35.3 Å². The lowest BCUT2D eigenvalue weighted by molar-refractivity contribution is 0.259. The van der Waals surface area contributed by atoms with Gasteiger partial charge in [0.15, 0.2) is 5.96 Å². The third-order valence-electron chi connectivity index (χ3n) is 5.09. The number of piperidine rings is 1. The van der Waals surface area contributed by atoms with Crippen molar-refractivity contribution in [3.63, 3.8) is 0 Å². The van der Waals surface area contributed by atoms with E-state index in [2.05, 4.69) is 63.1 Å². The number of nitrogens with one attached hydrogen (secondary N) is 2. The standard InChI is InChI=1S/C22H33N5OS.HI/c1-23-22(25-19-10-12-27(13-11-19)21-9-6-16-29-21)24-17-18-7-4-5-8-20(18)28-15-14-26(2)3;/h4-9,16,19H,10-15,17H2,1-3H3,(H2,23,24,25);1H. The van der Waals surface area contributed by atoms with Gasteiger partial charge in [0, 0.05) is 44.8 Å². The molecule has 2 heterocycles. The third kappa shape index (κ3) is 7.63. The van der Waals surface area contributed by atoms with Crippen LogP contribution in [0.25, 0.3) is 0 Å². The fourth-order valence-electron chi connectivity index (χ4n) is 3.39. The highest BCUT2D eigenvalue weighted by Gasteiger charge is 2.20. The van der Waals surface area contributed by atoms with Crippen molar-refractivity contribution >= 4 is 46.3 Å². The van der Waals surface area contributed by atoms with Gasteiger partial charge in [-0.1, -0.05) is 18.2 Å². The van der Waals surface area contributed by atoms with Gasteiger partial charge in [-0.2, -0.15) is 0 Å². The van der Waals surface area contributed by atoms with Crippen LogP contribution in [0.15, 0.2) is 46.8 Å². The number of ether oxygens (including phenoxy) is 1. The number of guanidine groups is 1. The molecule has 0 spiro atoms. The van der Waals surface area contributed by atoms with Gasteiger partial charge in [-0.25, -0.2) is 0 Å². The number of thiophene rings is 1. The molecule has 1 aromatic carbocycles. The molecule has 8 heteroatoms. The number of benzene rings is 1. The van der Waals surface area contributed by atoms with Crippen molar-refractivity contribution in [3.8, 4) is 5.75 Å². The van der Waals surface area contributed by atoms with Gasteiger partial charge < -0.3 is 25.2 Å². The highest BCUT2D eigenvalue weighted by Crippen LogP contribution is 2.24. The highest BCUT2D eigenvalue weighted by atomic mass is 127. The van der Waals surface area contributed by atoms with Crippen molar-refractivity contribution < 1.29 is 4.74 Å². The van der Waals surface area contributed by atoms with Crippen LogP contribution >= 0.6 is 35.3 Å². The highest BCUT2D eigenvalue weighted by molar-refractivity contribution is 14.0. The van der Waals surface area contributed by atoms with E-state index in [1.807, 2.05) is 36.6 Å². The molecule has 1 fully saturated rings. The molecular weight excluding hydrogens is 509 g/mol. The summed E-state index contributed by atoms with van der Waals surface area (Å²) in [6, 6.07) is 13.0. The first-order chi connectivity index (χ1) is 14.2. The summed E-state index contributed by atoms with van der Waals surface area (Å²) < 4.78 is 5.96. The summed E-state index contributed by atoms with van der Waals surface area (Å²) in [5, 5.41) is 10.6. The van der Waals surface area contributed by atoms with Crippen molar-refractivity contribution in [2.24, 2.45) is 4.99 Å². The SMILES string of the molecule is CN=C(NCc1ccccc1OCCN(C)C)NC1CCN(c2cccs2)CC1.I. The Balaban J connectivity index is 0.00000320. The molecule has 30 heavy (non-hydrogen) atoms. The quantitative estimate of drug-likeness (QED) is 0.303. The van der Waals surface area contributed by atoms with Crippen molar-refractivity contribution in [2.45, 2.75) is 25.4 Å². The number of hydrogen-bond donors (Lipinski definition) is 2. The summed E-state index contributed by atoms with van der Waals surface area (Å²) in [7, 11) is 5.93. The van der Waals surface area contributed by atoms with E-state index < -0.39 is 0 Å². The number of nitrogens with zero attached hydrogens (tertiary/aromatic N) is 3. The number of halogens is 1. The summed E-state index contributed by atoms with van der Waals surface area (Å²) in [6.07, 6.45) is 2.23. The normalized spacial score (nSPS) is 15.1. The maximum Gasteiger partial charge on any atom is 0.191 e. The van der Waals surface area contributed by atoms with E-state index in [1.165, 1.54) is 5.00 Å². The van der Waals surface area contributed by atoms with Crippen molar-refractivity contribution in [1.82, 2.24) is 15.5 Å². The maximum atomic E-state index is 5.96. The smallest absolute Gasteiger partial charge is 0.191 e. The number of anilines is 1. The predicted molar refractivity (Wildman–Crippen MR) is 139 cm³/mol. The monoisotopic (exact) mass is 543 g/mol. The van der Waals surface area contributed by atoms with Crippen molar-refractivity contribution in [2.75, 3.05) is 52.3 Å². The lowest BCUT2D eigenvalue weighted by Gasteiger charge is -2.33. The second-order valence-electron chi connectivity index (χ2n) is 7.54. The van der Waals surface area contributed by atoms with E-state index in [0.29, 0.717) is 19.2 Å². The van der Waals surface area contributed by atoms with Gasteiger partial charge in [-0.3, -0.25) is 4.99 Å². The van der Waals surface area contributed by atoms with Crippen LogP contribution in [0.1, 0.15) is 18.4 Å². The molecule has 166 valence electrons. The number of hydrogen-bond acceptors (Lipinski definition) is 5. The molecule has 2 N–H and O–H groups in total. The fraction of sp³-hybridized carbons (Fsp3) is 0.500. The summed E-state index contributed by atoms with van der Waals surface area (Å²) in [5.41, 5.74) is 1.14. The van der Waals surface area contributed by atoms with Crippen LogP contribution in [0.3, 0.4) is 0 Å². The first kappa shape index (κ1) is 24.7. The topological polar surface area (TPSA) is 52.1 Å². The Morgan fingerprint density at radius 1 is 1.20 bits per heavy atom. The zero-order chi connectivity index (χ0) is 20.5. The van der Waals surface area contributed by atoms with Crippen LogP contribution in [0, 0.1) is 0 Å². The lowest BCUT2D eigenvalue weighted by Crippen LogP contribution is -2.48. The van der Waals surface area contributed by atoms with Gasteiger partial charge in [0.2, 0.25) is 0 Å². The first-order valence-corrected chi connectivity index (χ1v) is 11.1. The van der Waals surface area contributed by atoms with Gasteiger partial charge in [0.05, 0.1) is 5.00 Å². The molecule has 6 nitrogen and oxygen atoms in total. The minimum atomic E-state index is 0. The number of rotatable bonds is 8. The Labute approximate surface area is 201 Å². The van der Waals surface area contributed by atoms with Gasteiger partial charge >= 0.3 is 0 Å². The molecule has 2 aromatic rings. The van der Waals surface area contributed by atoms with Gasteiger partial charge in [0.25, 0.3) is 0 Å². The zero-order valence-electron chi connectivity index (χ0n) is 18.1. The van der Waals surface area contributed by atoms with Crippen LogP contribution in [0.5, 0.6) is 5.75 Å². The van der Waals surface area contributed by atoms with Crippen LogP contribution in [0.2, 0.25) is 0 Å². The molecule has 0 saturated carbocycles. The number of aliphatic imine (C=N–C) groups is 1. The number of para-hydroxylation sites is 1. The summed E-state index contributed by atoms with van der Waals surface area (Å²) >= 11 is 1.82. The molecule has 1 aliphatic rings.